The van der Waals surface area contributed by atoms with E-state index in [0.717, 1.165) is 6.54 Å². The van der Waals surface area contributed by atoms with Crippen LogP contribution in [0.2, 0.25) is 0 Å². The number of hydrogen-bond donors (Lipinski definition) is 2. The van der Waals surface area contributed by atoms with E-state index in [9.17, 15) is 4.79 Å². The predicted octanol–water partition coefficient (Wildman–Crippen LogP) is 0.653. The summed E-state index contributed by atoms with van der Waals surface area (Å²) in [4.78, 5) is 11.6. The molecule has 74 valence electrons. The van der Waals surface area contributed by atoms with Gasteiger partial charge in [-0.25, -0.2) is 0 Å². The van der Waals surface area contributed by atoms with E-state index in [4.69, 9.17) is 0 Å². The van der Waals surface area contributed by atoms with Gasteiger partial charge in [0.2, 0.25) is 5.91 Å². The zero-order chi connectivity index (χ0) is 9.26. The quantitative estimate of drug-likeness (QED) is 0.625. The molecule has 1 aliphatic carbocycles. The van der Waals surface area contributed by atoms with Crippen LogP contribution in [0, 0.1) is 5.92 Å². The first kappa shape index (κ1) is 9.00. The van der Waals surface area contributed by atoms with Gasteiger partial charge in [0.15, 0.2) is 0 Å². The van der Waals surface area contributed by atoms with E-state index < -0.39 is 0 Å². The van der Waals surface area contributed by atoms with Crippen molar-refractivity contribution in [2.75, 3.05) is 6.54 Å². The zero-order valence-corrected chi connectivity index (χ0v) is 8.18. The molecule has 0 radical (unpaired) electrons. The molecule has 0 spiro atoms. The fraction of sp³-hybridized carbons (Fsp3) is 0.900. The Kier molecular flexibility index (Phi) is 2.54. The lowest BCUT2D eigenvalue weighted by Crippen LogP contribution is -2.59. The van der Waals surface area contributed by atoms with Crippen LogP contribution in [0.3, 0.4) is 0 Å². The number of carbonyl (C=O) groups is 1. The molecule has 2 fully saturated rings. The van der Waals surface area contributed by atoms with Crippen molar-refractivity contribution in [3.63, 3.8) is 0 Å². The maximum atomic E-state index is 11.6. The number of piperazine rings is 1. The maximum Gasteiger partial charge on any atom is 0.237 e. The van der Waals surface area contributed by atoms with Gasteiger partial charge in [-0.1, -0.05) is 12.8 Å². The van der Waals surface area contributed by atoms with Gasteiger partial charge in [-0.15, -0.1) is 0 Å². The highest BCUT2D eigenvalue weighted by molar-refractivity contribution is 5.83. The Bertz CT molecular complexity index is 199. The van der Waals surface area contributed by atoms with Crippen molar-refractivity contribution in [2.24, 2.45) is 5.92 Å². The van der Waals surface area contributed by atoms with Crippen LogP contribution in [0.25, 0.3) is 0 Å². The first-order valence-electron chi connectivity index (χ1n) is 5.31. The third-order valence-electron chi connectivity index (χ3n) is 3.19. The van der Waals surface area contributed by atoms with Gasteiger partial charge < -0.3 is 10.6 Å². The predicted molar refractivity (Wildman–Crippen MR) is 51.4 cm³/mol. The molecule has 2 rings (SSSR count). The van der Waals surface area contributed by atoms with E-state index in [1.165, 1.54) is 25.7 Å². The number of hydrogen-bond acceptors (Lipinski definition) is 2. The van der Waals surface area contributed by atoms with Crippen LogP contribution in [0.4, 0.5) is 0 Å². The summed E-state index contributed by atoms with van der Waals surface area (Å²) >= 11 is 0. The van der Waals surface area contributed by atoms with E-state index in [0.29, 0.717) is 12.0 Å². The molecule has 2 atom stereocenters. The first-order chi connectivity index (χ1) is 6.27. The fourth-order valence-electron chi connectivity index (χ4n) is 2.45. The van der Waals surface area contributed by atoms with Gasteiger partial charge in [-0.05, 0) is 25.7 Å². The molecule has 1 heterocycles. The van der Waals surface area contributed by atoms with Crippen LogP contribution in [0.5, 0.6) is 0 Å². The molecule has 2 unspecified atom stereocenters. The molecule has 2 N–H and O–H groups in total. The third-order valence-corrected chi connectivity index (χ3v) is 3.19. The van der Waals surface area contributed by atoms with Gasteiger partial charge in [0.25, 0.3) is 0 Å². The van der Waals surface area contributed by atoms with Gasteiger partial charge in [0.1, 0.15) is 0 Å². The summed E-state index contributed by atoms with van der Waals surface area (Å²) in [5.41, 5.74) is 0. The highest BCUT2D eigenvalue weighted by Crippen LogP contribution is 2.28. The van der Waals surface area contributed by atoms with E-state index in [2.05, 4.69) is 10.6 Å². The average molecular weight is 182 g/mol. The summed E-state index contributed by atoms with van der Waals surface area (Å²) in [6, 6.07) is 0.392. The highest BCUT2D eigenvalue weighted by atomic mass is 16.2. The largest absolute Gasteiger partial charge is 0.351 e. The lowest BCUT2D eigenvalue weighted by molar-refractivity contribution is -0.126. The Hall–Kier alpha value is -0.570. The van der Waals surface area contributed by atoms with Gasteiger partial charge in [-0.2, -0.15) is 0 Å². The van der Waals surface area contributed by atoms with Crippen molar-refractivity contribution in [3.05, 3.63) is 0 Å². The van der Waals surface area contributed by atoms with Gasteiger partial charge in [-0.3, -0.25) is 4.79 Å². The Morgan fingerprint density at radius 3 is 2.62 bits per heavy atom. The smallest absolute Gasteiger partial charge is 0.237 e. The molecule has 1 saturated heterocycles. The van der Waals surface area contributed by atoms with Crippen LogP contribution in [-0.2, 0) is 4.79 Å². The molecular weight excluding hydrogens is 164 g/mol. The molecule has 3 heteroatoms. The minimum atomic E-state index is 0.0960. The summed E-state index contributed by atoms with van der Waals surface area (Å²) in [6.07, 6.45) is 5.04. The second-order valence-corrected chi connectivity index (χ2v) is 4.34. The minimum Gasteiger partial charge on any atom is -0.351 e. The van der Waals surface area contributed by atoms with Crippen molar-refractivity contribution in [1.82, 2.24) is 10.6 Å². The molecule has 2 aliphatic rings. The van der Waals surface area contributed by atoms with Gasteiger partial charge >= 0.3 is 0 Å². The number of rotatable bonds is 1. The SMILES string of the molecule is CC1CNC(C2CCCC2)C(=O)N1. The summed E-state index contributed by atoms with van der Waals surface area (Å²) in [5.74, 6) is 0.804. The summed E-state index contributed by atoms with van der Waals surface area (Å²) in [6.45, 7) is 2.96. The molecule has 0 aromatic rings. The van der Waals surface area contributed by atoms with Crippen molar-refractivity contribution in [2.45, 2.75) is 44.7 Å². The van der Waals surface area contributed by atoms with E-state index >= 15 is 0 Å². The summed E-state index contributed by atoms with van der Waals surface area (Å²) in [5, 5.41) is 6.35. The summed E-state index contributed by atoms with van der Waals surface area (Å²) < 4.78 is 0. The maximum absolute atomic E-state index is 11.6. The molecule has 13 heavy (non-hydrogen) atoms. The molecule has 1 saturated carbocycles. The topological polar surface area (TPSA) is 41.1 Å². The van der Waals surface area contributed by atoms with Crippen LogP contribution < -0.4 is 10.6 Å². The summed E-state index contributed by atoms with van der Waals surface area (Å²) in [7, 11) is 0. The van der Waals surface area contributed by atoms with E-state index in [-0.39, 0.29) is 11.9 Å². The Labute approximate surface area is 79.3 Å². The number of carbonyl (C=O) groups excluding carboxylic acids is 1. The van der Waals surface area contributed by atoms with E-state index in [1.54, 1.807) is 0 Å². The van der Waals surface area contributed by atoms with Crippen molar-refractivity contribution in [3.8, 4) is 0 Å². The molecule has 0 bridgehead atoms. The molecular formula is C10H18N2O. The van der Waals surface area contributed by atoms with Crippen LogP contribution in [0.15, 0.2) is 0 Å². The molecule has 0 aromatic carbocycles. The second-order valence-electron chi connectivity index (χ2n) is 4.34. The Morgan fingerprint density at radius 1 is 1.31 bits per heavy atom. The molecule has 0 aromatic heterocycles. The number of nitrogens with one attached hydrogen (secondary N) is 2. The number of amides is 1. The van der Waals surface area contributed by atoms with Crippen LogP contribution >= 0.6 is 0 Å². The Morgan fingerprint density at radius 2 is 2.00 bits per heavy atom. The lowest BCUT2D eigenvalue weighted by atomic mass is 9.95. The van der Waals surface area contributed by atoms with Crippen molar-refractivity contribution < 1.29 is 4.79 Å². The average Bonchev–Trinajstić information content (AvgIpc) is 2.56. The normalized spacial score (nSPS) is 36.2. The lowest BCUT2D eigenvalue weighted by Gasteiger charge is -2.31. The molecule has 1 amide bonds. The molecule has 1 aliphatic heterocycles. The second kappa shape index (κ2) is 3.66. The van der Waals surface area contributed by atoms with E-state index in [1.807, 2.05) is 6.92 Å². The third kappa shape index (κ3) is 1.85. The van der Waals surface area contributed by atoms with Gasteiger partial charge in [0.05, 0.1) is 6.04 Å². The van der Waals surface area contributed by atoms with Crippen LogP contribution in [0.1, 0.15) is 32.6 Å². The van der Waals surface area contributed by atoms with Crippen molar-refractivity contribution >= 4 is 5.91 Å². The zero-order valence-electron chi connectivity index (χ0n) is 8.18. The standard InChI is InChI=1S/C10H18N2O/c1-7-6-11-9(10(13)12-7)8-4-2-3-5-8/h7-9,11H,2-6H2,1H3,(H,12,13). The highest BCUT2D eigenvalue weighted by Gasteiger charge is 2.33. The van der Waals surface area contributed by atoms with Crippen LogP contribution in [-0.4, -0.2) is 24.5 Å². The molecule has 3 nitrogen and oxygen atoms in total. The fourth-order valence-corrected chi connectivity index (χ4v) is 2.45. The first-order valence-corrected chi connectivity index (χ1v) is 5.31. The van der Waals surface area contributed by atoms with Gasteiger partial charge in [0, 0.05) is 12.6 Å². The minimum absolute atomic E-state index is 0.0960. The van der Waals surface area contributed by atoms with Crippen molar-refractivity contribution in [1.29, 1.82) is 0 Å². The Balaban J connectivity index is 1.95. The monoisotopic (exact) mass is 182 g/mol.